The molecule has 1 N–H and O–H groups in total. The number of hydrogen-bond donors (Lipinski definition) is 1. The fourth-order valence-electron chi connectivity index (χ4n) is 4.07. The van der Waals surface area contributed by atoms with Crippen molar-refractivity contribution in [3.63, 3.8) is 0 Å². The van der Waals surface area contributed by atoms with Gasteiger partial charge in [0.2, 0.25) is 0 Å². The summed E-state index contributed by atoms with van der Waals surface area (Å²) in [6.07, 6.45) is 9.63. The van der Waals surface area contributed by atoms with E-state index in [9.17, 15) is 9.90 Å². The quantitative estimate of drug-likeness (QED) is 0.300. The average molecular weight is 416 g/mol. The molecule has 1 aliphatic heterocycles. The molecule has 3 rings (SSSR count). The second-order valence-corrected chi connectivity index (χ2v) is 7.73. The molecule has 0 spiro atoms. The highest BCUT2D eigenvalue weighted by molar-refractivity contribution is 6.01. The molecule has 0 aliphatic carbocycles. The van der Waals surface area contributed by atoms with E-state index in [0.717, 1.165) is 42.8 Å². The third-order valence-corrected chi connectivity index (χ3v) is 6.02. The zero-order chi connectivity index (χ0) is 22.4. The van der Waals surface area contributed by atoms with E-state index in [1.54, 1.807) is 0 Å². The summed E-state index contributed by atoms with van der Waals surface area (Å²) < 4.78 is 4.72. The van der Waals surface area contributed by atoms with Crippen LogP contribution in [0.25, 0.3) is 11.3 Å². The molecule has 0 amide bonds. The number of ether oxygens (including phenoxy) is 1. The minimum absolute atomic E-state index is 0.177. The molecular formula is C27H29NO3. The highest BCUT2D eigenvalue weighted by Crippen LogP contribution is 2.34. The Bertz CT molecular complexity index is 1040. The predicted molar refractivity (Wildman–Crippen MR) is 127 cm³/mol. The lowest BCUT2D eigenvalue weighted by Crippen LogP contribution is -2.32. The van der Waals surface area contributed by atoms with Gasteiger partial charge in [-0.1, -0.05) is 42.3 Å². The monoisotopic (exact) mass is 415 g/mol. The van der Waals surface area contributed by atoms with Crippen LogP contribution >= 0.6 is 0 Å². The molecule has 0 unspecified atom stereocenters. The summed E-state index contributed by atoms with van der Waals surface area (Å²) in [6, 6.07) is 16.6. The van der Waals surface area contributed by atoms with Crippen molar-refractivity contribution in [1.29, 1.82) is 0 Å². The smallest absolute Gasteiger partial charge is 0.350 e. The molecule has 0 atom stereocenters. The van der Waals surface area contributed by atoms with E-state index in [1.165, 1.54) is 12.7 Å². The predicted octanol–water partition coefficient (Wildman–Crippen LogP) is 5.57. The molecule has 4 heteroatoms. The van der Waals surface area contributed by atoms with Crippen LogP contribution < -0.4 is 4.90 Å². The van der Waals surface area contributed by atoms with Crippen LogP contribution in [0.5, 0.6) is 0 Å². The molecule has 0 saturated carbocycles. The van der Waals surface area contributed by atoms with Crippen LogP contribution in [0.2, 0.25) is 0 Å². The second-order valence-electron chi connectivity index (χ2n) is 7.73. The second kappa shape index (κ2) is 10.0. The standard InChI is InChI=1S/C27H29NO3/c1-5-19(3)25-18-22(12-13-24(25)26(29)23(6-2)27(30)31-4)28-16-14-21(15-17-28)20-10-8-7-9-11-20/h2,5,7-13,18,21,29H,14-17H2,1,3-4H3/b19-5-,26-23-. The van der Waals surface area contributed by atoms with E-state index < -0.39 is 5.97 Å². The minimum Gasteiger partial charge on any atom is -0.506 e. The van der Waals surface area contributed by atoms with Gasteiger partial charge >= 0.3 is 5.97 Å². The zero-order valence-electron chi connectivity index (χ0n) is 18.4. The molecule has 2 aromatic rings. The Labute approximate surface area is 184 Å². The number of anilines is 1. The van der Waals surface area contributed by atoms with Crippen molar-refractivity contribution >= 4 is 23.0 Å². The van der Waals surface area contributed by atoms with Crippen molar-refractivity contribution in [2.45, 2.75) is 32.6 Å². The van der Waals surface area contributed by atoms with Crippen LogP contribution in [-0.2, 0) is 9.53 Å². The molecule has 160 valence electrons. The van der Waals surface area contributed by atoms with E-state index in [-0.39, 0.29) is 11.3 Å². The van der Waals surface area contributed by atoms with Gasteiger partial charge in [-0.15, -0.1) is 6.42 Å². The number of terminal acetylenes is 1. The number of rotatable bonds is 5. The Kier molecular flexibility index (Phi) is 7.20. The van der Waals surface area contributed by atoms with Crippen LogP contribution in [-0.4, -0.2) is 31.3 Å². The maximum Gasteiger partial charge on any atom is 0.350 e. The summed E-state index contributed by atoms with van der Waals surface area (Å²) in [5.74, 6) is 1.88. The van der Waals surface area contributed by atoms with E-state index >= 15 is 0 Å². The maximum atomic E-state index is 12.0. The molecular weight excluding hydrogens is 386 g/mol. The van der Waals surface area contributed by atoms with Gasteiger partial charge in [0.25, 0.3) is 0 Å². The number of carbonyl (C=O) groups is 1. The molecule has 1 fully saturated rings. The first-order chi connectivity index (χ1) is 15.0. The number of carbonyl (C=O) groups excluding carboxylic acids is 1. The first-order valence-corrected chi connectivity index (χ1v) is 10.6. The third-order valence-electron chi connectivity index (χ3n) is 6.02. The normalized spacial score (nSPS) is 15.8. The summed E-state index contributed by atoms with van der Waals surface area (Å²) in [5, 5.41) is 10.8. The number of methoxy groups -OCH3 is 1. The third kappa shape index (κ3) is 4.83. The number of aliphatic hydroxyl groups excluding tert-OH is 1. The number of hydrogen-bond acceptors (Lipinski definition) is 4. The van der Waals surface area contributed by atoms with Gasteiger partial charge in [-0.05, 0) is 67.5 Å². The Hall–Kier alpha value is -3.45. The molecule has 0 radical (unpaired) electrons. The molecule has 4 nitrogen and oxygen atoms in total. The van der Waals surface area contributed by atoms with E-state index in [2.05, 4.69) is 47.2 Å². The zero-order valence-corrected chi connectivity index (χ0v) is 18.4. The fraction of sp³-hybridized carbons (Fsp3) is 0.296. The van der Waals surface area contributed by atoms with Crippen LogP contribution in [0, 0.1) is 12.3 Å². The van der Waals surface area contributed by atoms with Crippen molar-refractivity contribution < 1.29 is 14.6 Å². The molecule has 0 aromatic heterocycles. The molecule has 0 bridgehead atoms. The summed E-state index contributed by atoms with van der Waals surface area (Å²) in [5.41, 5.74) is 4.69. The van der Waals surface area contributed by atoms with E-state index in [4.69, 9.17) is 11.2 Å². The fourth-order valence-corrected chi connectivity index (χ4v) is 4.07. The molecule has 2 aromatic carbocycles. The van der Waals surface area contributed by atoms with Crippen molar-refractivity contribution in [3.05, 3.63) is 76.9 Å². The summed E-state index contributed by atoms with van der Waals surface area (Å²) >= 11 is 0. The lowest BCUT2D eigenvalue weighted by atomic mass is 9.89. The summed E-state index contributed by atoms with van der Waals surface area (Å²) in [6.45, 7) is 5.85. The summed E-state index contributed by atoms with van der Waals surface area (Å²) in [4.78, 5) is 14.3. The largest absolute Gasteiger partial charge is 0.506 e. The topological polar surface area (TPSA) is 49.8 Å². The molecule has 31 heavy (non-hydrogen) atoms. The van der Waals surface area contributed by atoms with Crippen molar-refractivity contribution in [3.8, 4) is 12.3 Å². The van der Waals surface area contributed by atoms with Crippen LogP contribution in [0.1, 0.15) is 49.3 Å². The SMILES string of the molecule is C#C/C(C(=O)OC)=C(/O)c1ccc(N2CCC(c3ccccc3)CC2)cc1/C(C)=C\C. The van der Waals surface area contributed by atoms with Gasteiger partial charge in [-0.25, -0.2) is 4.79 Å². The van der Waals surface area contributed by atoms with Crippen molar-refractivity contribution in [2.24, 2.45) is 0 Å². The van der Waals surface area contributed by atoms with Crippen LogP contribution in [0.15, 0.2) is 60.2 Å². The molecule has 1 heterocycles. The number of esters is 1. The van der Waals surface area contributed by atoms with Crippen LogP contribution in [0.3, 0.4) is 0 Å². The van der Waals surface area contributed by atoms with Gasteiger partial charge in [0, 0.05) is 24.3 Å². The number of nitrogens with zero attached hydrogens (tertiary/aromatic N) is 1. The Morgan fingerprint density at radius 2 is 1.84 bits per heavy atom. The average Bonchev–Trinajstić information content (AvgIpc) is 2.84. The lowest BCUT2D eigenvalue weighted by molar-refractivity contribution is -0.135. The first kappa shape index (κ1) is 22.2. The van der Waals surface area contributed by atoms with Gasteiger partial charge < -0.3 is 14.7 Å². The summed E-state index contributed by atoms with van der Waals surface area (Å²) in [7, 11) is 1.24. The Balaban J connectivity index is 1.90. The van der Waals surface area contributed by atoms with Gasteiger partial charge in [-0.3, -0.25) is 0 Å². The van der Waals surface area contributed by atoms with Gasteiger partial charge in [0.05, 0.1) is 7.11 Å². The lowest BCUT2D eigenvalue weighted by Gasteiger charge is -2.34. The van der Waals surface area contributed by atoms with Gasteiger partial charge in [0.1, 0.15) is 5.76 Å². The van der Waals surface area contributed by atoms with Crippen LogP contribution in [0.4, 0.5) is 5.69 Å². The number of benzene rings is 2. The highest BCUT2D eigenvalue weighted by Gasteiger charge is 2.23. The minimum atomic E-state index is -0.726. The van der Waals surface area contributed by atoms with Crippen molar-refractivity contribution in [1.82, 2.24) is 0 Å². The van der Waals surface area contributed by atoms with Gasteiger partial charge in [0.15, 0.2) is 5.57 Å². The highest BCUT2D eigenvalue weighted by atomic mass is 16.5. The number of aliphatic hydroxyl groups is 1. The van der Waals surface area contributed by atoms with Gasteiger partial charge in [-0.2, -0.15) is 0 Å². The Morgan fingerprint density at radius 1 is 1.16 bits per heavy atom. The molecule has 1 saturated heterocycles. The van der Waals surface area contributed by atoms with E-state index in [1.807, 2.05) is 32.1 Å². The maximum absolute atomic E-state index is 12.0. The van der Waals surface area contributed by atoms with Crippen molar-refractivity contribution in [2.75, 3.05) is 25.1 Å². The van der Waals surface area contributed by atoms with E-state index in [0.29, 0.717) is 11.5 Å². The molecule has 1 aliphatic rings. The first-order valence-electron chi connectivity index (χ1n) is 10.6. The Morgan fingerprint density at radius 3 is 2.42 bits per heavy atom. The number of allylic oxidation sites excluding steroid dienone is 2. The number of piperidine rings is 1.